The van der Waals surface area contributed by atoms with Crippen molar-refractivity contribution in [2.45, 2.75) is 13.8 Å². The minimum Gasteiger partial charge on any atom is -0.462 e. The molecule has 26 heavy (non-hydrogen) atoms. The van der Waals surface area contributed by atoms with Crippen molar-refractivity contribution < 1.29 is 19.1 Å². The van der Waals surface area contributed by atoms with Crippen molar-refractivity contribution >= 4 is 29.5 Å². The van der Waals surface area contributed by atoms with Crippen molar-refractivity contribution in [3.63, 3.8) is 0 Å². The molecule has 0 bridgehead atoms. The Hall–Kier alpha value is -3.41. The molecule has 6 heteroatoms. The molecule has 2 aromatic carbocycles. The van der Waals surface area contributed by atoms with Gasteiger partial charge in [-0.2, -0.15) is 0 Å². The second kappa shape index (κ2) is 7.23. The quantitative estimate of drug-likeness (QED) is 0.522. The Morgan fingerprint density at radius 3 is 2.35 bits per heavy atom. The number of rotatable bonds is 4. The molecule has 0 aliphatic carbocycles. The number of hydrogen-bond donors (Lipinski definition) is 1. The second-order valence-electron chi connectivity index (χ2n) is 5.82. The topological polar surface area (TPSA) is 75.7 Å². The molecule has 6 nitrogen and oxygen atoms in total. The van der Waals surface area contributed by atoms with Gasteiger partial charge >= 0.3 is 5.97 Å². The van der Waals surface area contributed by atoms with Gasteiger partial charge in [-0.05, 0) is 49.8 Å². The van der Waals surface area contributed by atoms with Crippen molar-refractivity contribution in [1.29, 1.82) is 0 Å². The lowest BCUT2D eigenvalue weighted by Gasteiger charge is -2.14. The molecule has 1 N–H and O–H groups in total. The molecule has 1 aliphatic rings. The van der Waals surface area contributed by atoms with E-state index in [1.807, 2.05) is 31.2 Å². The van der Waals surface area contributed by atoms with Gasteiger partial charge in [0.1, 0.15) is 5.57 Å². The highest BCUT2D eigenvalue weighted by Crippen LogP contribution is 2.22. The fraction of sp³-hybridized carbons (Fsp3) is 0.150. The number of carbonyl (C=O) groups excluding carboxylic acids is 3. The van der Waals surface area contributed by atoms with Crippen LogP contribution < -0.4 is 10.4 Å². The van der Waals surface area contributed by atoms with Crippen LogP contribution in [0.4, 0.5) is 5.69 Å². The molecule has 1 fully saturated rings. The zero-order valence-corrected chi connectivity index (χ0v) is 14.5. The first kappa shape index (κ1) is 17.4. The lowest BCUT2D eigenvalue weighted by Crippen LogP contribution is -2.35. The number of ether oxygens (including phenoxy) is 1. The smallest absolute Gasteiger partial charge is 0.338 e. The molecular formula is C20H18N2O4. The molecular weight excluding hydrogens is 332 g/mol. The van der Waals surface area contributed by atoms with E-state index in [0.29, 0.717) is 11.3 Å². The third kappa shape index (κ3) is 3.49. The summed E-state index contributed by atoms with van der Waals surface area (Å²) < 4.78 is 4.92. The summed E-state index contributed by atoms with van der Waals surface area (Å²) in [6.07, 6.45) is 1.56. The fourth-order valence-electron chi connectivity index (χ4n) is 2.53. The zero-order valence-electron chi connectivity index (χ0n) is 14.5. The SMILES string of the molecule is CCOC(=O)c1ccc(N2NC(=O)/C(=C/c3ccc(C)cc3)C2=O)cc1. The lowest BCUT2D eigenvalue weighted by molar-refractivity contribution is -0.117. The predicted molar refractivity (Wildman–Crippen MR) is 97.2 cm³/mol. The summed E-state index contributed by atoms with van der Waals surface area (Å²) in [6, 6.07) is 13.8. The van der Waals surface area contributed by atoms with Crippen LogP contribution in [0.25, 0.3) is 6.08 Å². The summed E-state index contributed by atoms with van der Waals surface area (Å²) in [6.45, 7) is 3.98. The Morgan fingerprint density at radius 1 is 1.08 bits per heavy atom. The highest BCUT2D eigenvalue weighted by molar-refractivity contribution is 6.31. The molecule has 2 amide bonds. The Morgan fingerprint density at radius 2 is 1.73 bits per heavy atom. The van der Waals surface area contributed by atoms with Crippen LogP contribution in [0.15, 0.2) is 54.1 Å². The molecule has 0 saturated carbocycles. The van der Waals surface area contributed by atoms with Gasteiger partial charge in [-0.1, -0.05) is 29.8 Å². The van der Waals surface area contributed by atoms with Gasteiger partial charge in [-0.25, -0.2) is 9.80 Å². The van der Waals surface area contributed by atoms with E-state index in [-0.39, 0.29) is 12.2 Å². The number of hydrogen-bond acceptors (Lipinski definition) is 4. The van der Waals surface area contributed by atoms with E-state index in [1.54, 1.807) is 37.3 Å². The van der Waals surface area contributed by atoms with Crippen LogP contribution in [0.2, 0.25) is 0 Å². The average Bonchev–Trinajstić information content (AvgIpc) is 2.92. The van der Waals surface area contributed by atoms with Crippen LogP contribution >= 0.6 is 0 Å². The highest BCUT2D eigenvalue weighted by Gasteiger charge is 2.34. The summed E-state index contributed by atoms with van der Waals surface area (Å²) in [4.78, 5) is 36.5. The Bertz CT molecular complexity index is 883. The number of nitrogens with zero attached hydrogens (tertiary/aromatic N) is 1. The maximum atomic E-state index is 12.6. The summed E-state index contributed by atoms with van der Waals surface area (Å²) in [7, 11) is 0. The molecule has 0 unspecified atom stereocenters. The van der Waals surface area contributed by atoms with Crippen molar-refractivity contribution in [1.82, 2.24) is 5.43 Å². The zero-order chi connectivity index (χ0) is 18.7. The first-order valence-corrected chi connectivity index (χ1v) is 8.20. The normalized spacial score (nSPS) is 15.3. The third-order valence-corrected chi connectivity index (χ3v) is 3.92. The molecule has 0 radical (unpaired) electrons. The summed E-state index contributed by atoms with van der Waals surface area (Å²) in [5.41, 5.74) is 5.30. The van der Waals surface area contributed by atoms with Crippen LogP contribution in [-0.4, -0.2) is 24.4 Å². The number of aryl methyl sites for hydroxylation is 1. The molecule has 1 saturated heterocycles. The number of amides is 2. The molecule has 3 rings (SSSR count). The average molecular weight is 350 g/mol. The van der Waals surface area contributed by atoms with Crippen molar-refractivity contribution in [3.05, 3.63) is 70.8 Å². The van der Waals surface area contributed by atoms with Gasteiger partial charge in [0, 0.05) is 0 Å². The Balaban J connectivity index is 1.82. The first-order chi connectivity index (χ1) is 12.5. The first-order valence-electron chi connectivity index (χ1n) is 8.20. The molecule has 132 valence electrons. The number of hydrazine groups is 1. The maximum absolute atomic E-state index is 12.6. The van der Waals surface area contributed by atoms with Gasteiger partial charge in [0.2, 0.25) is 0 Å². The number of anilines is 1. The van der Waals surface area contributed by atoms with E-state index in [9.17, 15) is 14.4 Å². The second-order valence-corrected chi connectivity index (χ2v) is 5.82. The largest absolute Gasteiger partial charge is 0.462 e. The monoisotopic (exact) mass is 350 g/mol. The minimum atomic E-state index is -0.468. The Kier molecular flexibility index (Phi) is 4.84. The van der Waals surface area contributed by atoms with E-state index in [0.717, 1.165) is 16.1 Å². The molecule has 0 atom stereocenters. The maximum Gasteiger partial charge on any atom is 0.338 e. The molecule has 0 aromatic heterocycles. The summed E-state index contributed by atoms with van der Waals surface area (Å²) in [5, 5.41) is 1.16. The number of esters is 1. The van der Waals surface area contributed by atoms with Gasteiger partial charge in [-0.15, -0.1) is 0 Å². The van der Waals surface area contributed by atoms with Crippen LogP contribution in [0.3, 0.4) is 0 Å². The van der Waals surface area contributed by atoms with Gasteiger partial charge in [0.25, 0.3) is 11.8 Å². The van der Waals surface area contributed by atoms with Crippen LogP contribution in [0.5, 0.6) is 0 Å². The minimum absolute atomic E-state index is 0.0586. The fourth-order valence-corrected chi connectivity index (χ4v) is 2.53. The third-order valence-electron chi connectivity index (χ3n) is 3.92. The van der Waals surface area contributed by atoms with Gasteiger partial charge in [0.15, 0.2) is 0 Å². The molecule has 2 aromatic rings. The van der Waals surface area contributed by atoms with E-state index < -0.39 is 17.8 Å². The number of benzene rings is 2. The number of carbonyl (C=O) groups is 3. The number of nitrogens with one attached hydrogen (secondary N) is 1. The van der Waals surface area contributed by atoms with Crippen molar-refractivity contribution in [3.8, 4) is 0 Å². The lowest BCUT2D eigenvalue weighted by atomic mass is 10.1. The molecule has 1 aliphatic heterocycles. The van der Waals surface area contributed by atoms with Crippen molar-refractivity contribution in [2.24, 2.45) is 0 Å². The predicted octanol–water partition coefficient (Wildman–Crippen LogP) is 2.63. The standard InChI is InChI=1S/C20H18N2O4/c1-3-26-20(25)15-8-10-16(11-9-15)22-19(24)17(18(23)21-22)12-14-6-4-13(2)5-7-14/h4-12H,3H2,1-2H3,(H,21,23)/b17-12-. The van der Waals surface area contributed by atoms with Crippen LogP contribution in [-0.2, 0) is 14.3 Å². The van der Waals surface area contributed by atoms with Crippen LogP contribution in [0.1, 0.15) is 28.4 Å². The summed E-state index contributed by atoms with van der Waals surface area (Å²) >= 11 is 0. The van der Waals surface area contributed by atoms with E-state index in [4.69, 9.17) is 4.74 Å². The Labute approximate surface area is 151 Å². The molecule has 1 heterocycles. The van der Waals surface area contributed by atoms with Crippen molar-refractivity contribution in [2.75, 3.05) is 11.6 Å². The van der Waals surface area contributed by atoms with E-state index in [1.165, 1.54) is 0 Å². The van der Waals surface area contributed by atoms with E-state index in [2.05, 4.69) is 5.43 Å². The van der Waals surface area contributed by atoms with Crippen LogP contribution in [0, 0.1) is 6.92 Å². The van der Waals surface area contributed by atoms with Gasteiger partial charge < -0.3 is 4.74 Å². The van der Waals surface area contributed by atoms with Gasteiger partial charge in [0.05, 0.1) is 17.9 Å². The van der Waals surface area contributed by atoms with E-state index >= 15 is 0 Å². The van der Waals surface area contributed by atoms with Gasteiger partial charge in [-0.3, -0.25) is 15.0 Å². The molecule has 0 spiro atoms. The summed E-state index contributed by atoms with van der Waals surface area (Å²) in [5.74, 6) is -1.35. The highest BCUT2D eigenvalue weighted by atomic mass is 16.5.